The van der Waals surface area contributed by atoms with Crippen LogP contribution in [-0.4, -0.2) is 70.8 Å². The van der Waals surface area contributed by atoms with Gasteiger partial charge in [-0.25, -0.2) is 9.59 Å². The van der Waals surface area contributed by atoms with E-state index in [1.54, 1.807) is 0 Å². The Morgan fingerprint density at radius 2 is 1.09 bits per heavy atom. The molecule has 7 heteroatoms. The summed E-state index contributed by atoms with van der Waals surface area (Å²) in [4.78, 5) is 19.5. The summed E-state index contributed by atoms with van der Waals surface area (Å²) in [7, 11) is 0. The molecule has 11 heavy (non-hydrogen) atoms. The molecule has 3 radical (unpaired) electrons. The number of hydrogen-bond acceptors (Lipinski definition) is 4. The van der Waals surface area contributed by atoms with Crippen LogP contribution >= 0.6 is 0 Å². The zero-order chi connectivity index (χ0) is 8.31. The van der Waals surface area contributed by atoms with Gasteiger partial charge in [-0.1, -0.05) is 0 Å². The van der Waals surface area contributed by atoms with Crippen LogP contribution in [0.15, 0.2) is 0 Å². The van der Waals surface area contributed by atoms with E-state index in [2.05, 4.69) is 0 Å². The van der Waals surface area contributed by atoms with Crippen molar-refractivity contribution >= 4 is 38.1 Å². The molecule has 0 aromatic heterocycles. The Morgan fingerprint density at radius 1 is 0.909 bits per heavy atom. The molecule has 2 atom stereocenters. The van der Waals surface area contributed by atoms with Crippen molar-refractivity contribution in [2.24, 2.45) is 0 Å². The minimum absolute atomic E-state index is 0. The van der Waals surface area contributed by atoms with Crippen LogP contribution in [0, 0.1) is 0 Å². The summed E-state index contributed by atoms with van der Waals surface area (Å²) < 4.78 is 0. The van der Waals surface area contributed by atoms with Crippen molar-refractivity contribution in [1.82, 2.24) is 0 Å². The van der Waals surface area contributed by atoms with Gasteiger partial charge in [0.2, 0.25) is 0 Å². The minimum Gasteiger partial charge on any atom is -0.479 e. The van der Waals surface area contributed by atoms with Crippen molar-refractivity contribution in [1.29, 1.82) is 0 Å². The maximum Gasteiger partial charge on any atom is 0.335 e. The van der Waals surface area contributed by atoms with Crippen molar-refractivity contribution in [2.75, 3.05) is 0 Å². The quantitative estimate of drug-likeness (QED) is 0.414. The van der Waals surface area contributed by atoms with Crippen LogP contribution < -0.4 is 0 Å². The van der Waals surface area contributed by atoms with Crippen LogP contribution in [0.5, 0.6) is 0 Å². The second kappa shape index (κ2) is 5.40. The molecular weight excluding hydrogens is 353 g/mol. The van der Waals surface area contributed by atoms with Crippen molar-refractivity contribution in [2.45, 2.75) is 12.2 Å². The number of carboxylic acids is 2. The normalized spacial score (nSPS) is 14.4. The summed E-state index contributed by atoms with van der Waals surface area (Å²) >= 11 is 0. The van der Waals surface area contributed by atoms with E-state index in [9.17, 15) is 9.59 Å². The molecule has 0 heterocycles. The molecule has 0 amide bonds. The molecule has 0 aliphatic heterocycles. The van der Waals surface area contributed by atoms with Crippen LogP contribution in [0.1, 0.15) is 0 Å². The Balaban J connectivity index is 0. The van der Waals surface area contributed by atoms with E-state index in [-0.39, 0.29) is 26.2 Å². The van der Waals surface area contributed by atoms with Gasteiger partial charge in [0.1, 0.15) is 0 Å². The fraction of sp³-hybridized carbons (Fsp3) is 0.500. The second-order valence-electron chi connectivity index (χ2n) is 1.57. The maximum absolute atomic E-state index is 9.77. The van der Waals surface area contributed by atoms with Gasteiger partial charge in [-0.05, 0) is 0 Å². The fourth-order valence-corrected chi connectivity index (χ4v) is 0.270. The standard InChI is InChI=1S/C4H6O6.Bi/c5-1(3(7)8)2(6)4(9)10;/h1-2,5-6H,(H,7,8)(H,9,10);/t1-,2-;/m1./s1. The van der Waals surface area contributed by atoms with E-state index in [1.807, 2.05) is 0 Å². The molecule has 4 N–H and O–H groups in total. The topological polar surface area (TPSA) is 115 Å². The Morgan fingerprint density at radius 3 is 1.18 bits per heavy atom. The number of carboxylic acid groups (broad SMARTS) is 2. The Hall–Kier alpha value is -0.257. The Labute approximate surface area is 80.6 Å². The van der Waals surface area contributed by atoms with Gasteiger partial charge in [0.05, 0.1) is 0 Å². The monoisotopic (exact) mass is 359 g/mol. The first-order chi connectivity index (χ1) is 4.46. The zero-order valence-electron chi connectivity index (χ0n) is 5.21. The molecule has 0 bridgehead atoms. The molecule has 0 rings (SSSR count). The van der Waals surface area contributed by atoms with E-state index >= 15 is 0 Å². The molecule has 63 valence electrons. The van der Waals surface area contributed by atoms with Gasteiger partial charge < -0.3 is 20.4 Å². The van der Waals surface area contributed by atoms with Crippen LogP contribution in [0.2, 0.25) is 0 Å². The Kier molecular flexibility index (Phi) is 6.55. The molecule has 0 aromatic carbocycles. The number of carbonyl (C=O) groups is 2. The summed E-state index contributed by atoms with van der Waals surface area (Å²) in [6, 6.07) is 0. The third-order valence-electron chi connectivity index (χ3n) is 0.805. The van der Waals surface area contributed by atoms with Crippen LogP contribution in [0.25, 0.3) is 0 Å². The molecular formula is C4H6BiO6. The molecule has 0 saturated heterocycles. The first kappa shape index (κ1) is 13.3. The summed E-state index contributed by atoms with van der Waals surface area (Å²) in [6.45, 7) is 0. The number of hydrogen-bond donors (Lipinski definition) is 4. The second-order valence-corrected chi connectivity index (χ2v) is 1.57. The van der Waals surface area contributed by atoms with Crippen molar-refractivity contribution in [3.8, 4) is 0 Å². The number of aliphatic hydroxyl groups excluding tert-OH is 2. The van der Waals surface area contributed by atoms with Crippen molar-refractivity contribution < 1.29 is 30.0 Å². The van der Waals surface area contributed by atoms with Crippen molar-refractivity contribution in [3.63, 3.8) is 0 Å². The molecule has 6 nitrogen and oxygen atoms in total. The number of rotatable bonds is 3. The van der Waals surface area contributed by atoms with Gasteiger partial charge in [0, 0.05) is 26.2 Å². The van der Waals surface area contributed by atoms with E-state index in [1.165, 1.54) is 0 Å². The third-order valence-corrected chi connectivity index (χ3v) is 0.805. The van der Waals surface area contributed by atoms with Gasteiger partial charge in [-0.3, -0.25) is 0 Å². The zero-order valence-corrected chi connectivity index (χ0v) is 8.68. The molecule has 0 unspecified atom stereocenters. The first-order valence-electron chi connectivity index (χ1n) is 2.28. The maximum atomic E-state index is 9.77. The van der Waals surface area contributed by atoms with Gasteiger partial charge in [-0.15, -0.1) is 0 Å². The first-order valence-corrected chi connectivity index (χ1v) is 2.28. The van der Waals surface area contributed by atoms with E-state index in [0.29, 0.717) is 0 Å². The molecule has 0 aromatic rings. The fourth-order valence-electron chi connectivity index (χ4n) is 0.270. The Bertz CT molecular complexity index is 139. The van der Waals surface area contributed by atoms with Gasteiger partial charge in [-0.2, -0.15) is 0 Å². The van der Waals surface area contributed by atoms with Gasteiger partial charge >= 0.3 is 11.9 Å². The van der Waals surface area contributed by atoms with E-state index < -0.39 is 24.1 Å². The van der Waals surface area contributed by atoms with E-state index in [0.717, 1.165) is 0 Å². The summed E-state index contributed by atoms with van der Waals surface area (Å²) in [5.74, 6) is -3.54. The summed E-state index contributed by atoms with van der Waals surface area (Å²) in [5.41, 5.74) is 0. The SMILES string of the molecule is O=C(O)[C@H](O)[C@@H](O)C(=O)O.[Bi]. The summed E-state index contributed by atoms with van der Waals surface area (Å²) in [6.07, 6.45) is -4.53. The average Bonchev–Trinajstić information content (AvgIpc) is 1.84. The predicted octanol–water partition coefficient (Wildman–Crippen LogP) is -2.50. The minimum atomic E-state index is -2.27. The largest absolute Gasteiger partial charge is 0.479 e. The molecule has 0 saturated carbocycles. The third kappa shape index (κ3) is 4.24. The van der Waals surface area contributed by atoms with Crippen molar-refractivity contribution in [3.05, 3.63) is 0 Å². The van der Waals surface area contributed by atoms with Crippen LogP contribution in [0.3, 0.4) is 0 Å². The van der Waals surface area contributed by atoms with Crippen LogP contribution in [0.4, 0.5) is 0 Å². The molecule has 0 spiro atoms. The van der Waals surface area contributed by atoms with Gasteiger partial charge in [0.15, 0.2) is 12.2 Å². The van der Waals surface area contributed by atoms with E-state index in [4.69, 9.17) is 20.4 Å². The number of aliphatic carboxylic acids is 2. The number of aliphatic hydroxyl groups is 2. The molecule has 0 aliphatic carbocycles. The summed E-state index contributed by atoms with van der Waals surface area (Å²) in [5, 5.41) is 32.5. The predicted molar refractivity (Wildman–Crippen MR) is 33.0 cm³/mol. The molecule has 0 aliphatic rings. The smallest absolute Gasteiger partial charge is 0.335 e. The molecule has 0 fully saturated rings. The average molecular weight is 359 g/mol. The van der Waals surface area contributed by atoms with Gasteiger partial charge in [0.25, 0.3) is 0 Å². The van der Waals surface area contributed by atoms with Crippen LogP contribution in [-0.2, 0) is 9.59 Å².